The Balaban J connectivity index is 1.65. The molecule has 1 aliphatic heterocycles. The molecule has 0 aliphatic carbocycles. The van der Waals surface area contributed by atoms with E-state index in [1.807, 2.05) is 0 Å². The topological polar surface area (TPSA) is 105 Å². The number of halogens is 1. The van der Waals surface area contributed by atoms with Crippen molar-refractivity contribution in [3.05, 3.63) is 34.9 Å². The maximum atomic E-state index is 11.9. The average molecular weight is 397 g/mol. The minimum Gasteiger partial charge on any atom is -0.481 e. The van der Waals surface area contributed by atoms with E-state index >= 15 is 0 Å². The highest BCUT2D eigenvalue weighted by atomic mass is 35.5. The fourth-order valence-corrected chi connectivity index (χ4v) is 3.17. The Kier molecular flexibility index (Phi) is 8.54. The number of aliphatic carboxylic acids is 1. The molecule has 1 aliphatic rings. The molecule has 27 heavy (non-hydrogen) atoms. The van der Waals surface area contributed by atoms with Gasteiger partial charge >= 0.3 is 5.97 Å². The van der Waals surface area contributed by atoms with Crippen molar-refractivity contribution in [3.8, 4) is 0 Å². The third-order valence-electron chi connectivity index (χ3n) is 4.64. The molecule has 3 N–H and O–H groups in total. The highest BCUT2D eigenvalue weighted by Gasteiger charge is 2.29. The van der Waals surface area contributed by atoms with Crippen LogP contribution >= 0.6 is 11.6 Å². The van der Waals surface area contributed by atoms with Crippen molar-refractivity contribution in [1.29, 1.82) is 0 Å². The number of hydrogen-bond acceptors (Lipinski definition) is 4. The number of benzene rings is 1. The monoisotopic (exact) mass is 396 g/mol. The van der Waals surface area contributed by atoms with Crippen LogP contribution in [-0.2, 0) is 14.3 Å². The van der Waals surface area contributed by atoms with Gasteiger partial charge in [-0.3, -0.25) is 14.4 Å². The van der Waals surface area contributed by atoms with Crippen molar-refractivity contribution in [1.82, 2.24) is 10.6 Å². The summed E-state index contributed by atoms with van der Waals surface area (Å²) in [5, 5.41) is 15.4. The molecule has 0 spiro atoms. The molecule has 2 rings (SSSR count). The normalized spacial score (nSPS) is 15.7. The predicted octanol–water partition coefficient (Wildman–Crippen LogP) is 2.09. The predicted molar refractivity (Wildman–Crippen MR) is 101 cm³/mol. The molecule has 1 saturated heterocycles. The molecule has 1 aromatic rings. The fraction of sp³-hybridized carbons (Fsp3) is 0.526. The quantitative estimate of drug-likeness (QED) is 0.554. The number of rotatable bonds is 9. The van der Waals surface area contributed by atoms with E-state index < -0.39 is 11.9 Å². The smallest absolute Gasteiger partial charge is 0.308 e. The molecule has 1 aromatic carbocycles. The molecule has 0 saturated carbocycles. The summed E-state index contributed by atoms with van der Waals surface area (Å²) < 4.78 is 5.26. The van der Waals surface area contributed by atoms with Crippen molar-refractivity contribution < 1.29 is 24.2 Å². The summed E-state index contributed by atoms with van der Waals surface area (Å²) >= 11 is 5.78. The van der Waals surface area contributed by atoms with Crippen LogP contribution in [0.4, 0.5) is 0 Å². The number of carboxylic acid groups (broad SMARTS) is 1. The molecular formula is C19H25ClN2O5. The molecule has 148 valence electrons. The van der Waals surface area contributed by atoms with Crippen molar-refractivity contribution in [2.45, 2.75) is 25.7 Å². The first kappa shape index (κ1) is 21.2. The van der Waals surface area contributed by atoms with E-state index in [2.05, 4.69) is 10.6 Å². The van der Waals surface area contributed by atoms with Gasteiger partial charge in [0.2, 0.25) is 5.91 Å². The van der Waals surface area contributed by atoms with Gasteiger partial charge in [0.05, 0.1) is 5.92 Å². The molecule has 0 radical (unpaired) electrons. The lowest BCUT2D eigenvalue weighted by atomic mass is 9.86. The van der Waals surface area contributed by atoms with Gasteiger partial charge in [-0.1, -0.05) is 11.6 Å². The van der Waals surface area contributed by atoms with E-state index in [9.17, 15) is 19.5 Å². The standard InChI is InChI=1S/C19H25ClN2O5/c20-15-5-3-14(4-6-15)18(24)21-9-1-2-17(23)22-12-16(19(25)26)13-7-10-27-11-8-13/h3-6,13,16H,1-2,7-12H2,(H,21,24)(H,22,23)(H,25,26). The molecule has 1 heterocycles. The van der Waals surface area contributed by atoms with E-state index in [0.29, 0.717) is 49.6 Å². The van der Waals surface area contributed by atoms with Crippen LogP contribution in [0.2, 0.25) is 5.02 Å². The Morgan fingerprint density at radius 1 is 1.15 bits per heavy atom. The zero-order chi connectivity index (χ0) is 19.6. The van der Waals surface area contributed by atoms with Crippen LogP contribution < -0.4 is 10.6 Å². The molecule has 0 bridgehead atoms. The molecule has 1 unspecified atom stereocenters. The number of amides is 2. The number of carbonyl (C=O) groups excluding carboxylic acids is 2. The largest absolute Gasteiger partial charge is 0.481 e. The van der Waals surface area contributed by atoms with Crippen molar-refractivity contribution >= 4 is 29.4 Å². The summed E-state index contributed by atoms with van der Waals surface area (Å²) in [5.41, 5.74) is 0.504. The lowest BCUT2D eigenvalue weighted by molar-refractivity contribution is -0.145. The van der Waals surface area contributed by atoms with Crippen LogP contribution in [0.3, 0.4) is 0 Å². The van der Waals surface area contributed by atoms with Crippen molar-refractivity contribution in [2.24, 2.45) is 11.8 Å². The molecule has 1 atom stereocenters. The third-order valence-corrected chi connectivity index (χ3v) is 4.90. The highest BCUT2D eigenvalue weighted by Crippen LogP contribution is 2.23. The van der Waals surface area contributed by atoms with Crippen LogP contribution in [-0.4, -0.2) is 49.2 Å². The molecule has 2 amide bonds. The second-order valence-corrected chi connectivity index (χ2v) is 7.00. The second kappa shape index (κ2) is 10.9. The first-order valence-corrected chi connectivity index (χ1v) is 9.46. The Hall–Kier alpha value is -2.12. The third kappa shape index (κ3) is 7.19. The van der Waals surface area contributed by atoms with E-state index in [1.165, 1.54) is 0 Å². The molecule has 1 fully saturated rings. The minimum absolute atomic E-state index is 0.0233. The Morgan fingerprint density at radius 2 is 1.81 bits per heavy atom. The summed E-state index contributed by atoms with van der Waals surface area (Å²) in [6, 6.07) is 6.54. The van der Waals surface area contributed by atoms with E-state index in [-0.39, 0.29) is 30.7 Å². The number of carboxylic acids is 1. The minimum atomic E-state index is -0.891. The van der Waals surface area contributed by atoms with Gasteiger partial charge in [-0.2, -0.15) is 0 Å². The SMILES string of the molecule is O=C(CCCNC(=O)c1ccc(Cl)cc1)NCC(C(=O)O)C1CCOCC1. The Morgan fingerprint density at radius 3 is 2.44 bits per heavy atom. The maximum Gasteiger partial charge on any atom is 0.308 e. The summed E-state index contributed by atoms with van der Waals surface area (Å²) in [6.45, 7) is 1.61. The summed E-state index contributed by atoms with van der Waals surface area (Å²) in [6.07, 6.45) is 2.09. The van der Waals surface area contributed by atoms with Gasteiger partial charge in [-0.25, -0.2) is 0 Å². The lowest BCUT2D eigenvalue weighted by Crippen LogP contribution is -2.39. The first-order chi connectivity index (χ1) is 13.0. The lowest BCUT2D eigenvalue weighted by Gasteiger charge is -2.27. The van der Waals surface area contributed by atoms with Gasteiger partial charge in [-0.05, 0) is 49.4 Å². The van der Waals surface area contributed by atoms with E-state index in [1.54, 1.807) is 24.3 Å². The van der Waals surface area contributed by atoms with E-state index in [4.69, 9.17) is 16.3 Å². The summed E-state index contributed by atoms with van der Waals surface area (Å²) in [5.74, 6) is -1.90. The number of carbonyl (C=O) groups is 3. The van der Waals surface area contributed by atoms with Crippen molar-refractivity contribution in [3.63, 3.8) is 0 Å². The van der Waals surface area contributed by atoms with Gasteiger partial charge in [0.15, 0.2) is 0 Å². The van der Waals surface area contributed by atoms with Gasteiger partial charge in [0, 0.05) is 43.3 Å². The molecule has 8 heteroatoms. The summed E-state index contributed by atoms with van der Waals surface area (Å²) in [4.78, 5) is 35.3. The van der Waals surface area contributed by atoms with Crippen LogP contribution in [0.15, 0.2) is 24.3 Å². The fourth-order valence-electron chi connectivity index (χ4n) is 3.04. The summed E-state index contributed by atoms with van der Waals surface area (Å²) in [7, 11) is 0. The molecular weight excluding hydrogens is 372 g/mol. The van der Waals surface area contributed by atoms with Crippen LogP contribution in [0.5, 0.6) is 0 Å². The number of ether oxygens (including phenoxy) is 1. The maximum absolute atomic E-state index is 11.9. The molecule has 0 aromatic heterocycles. The molecule has 7 nitrogen and oxygen atoms in total. The van der Waals surface area contributed by atoms with Gasteiger partial charge in [0.1, 0.15) is 0 Å². The average Bonchev–Trinajstić information content (AvgIpc) is 2.66. The second-order valence-electron chi connectivity index (χ2n) is 6.56. The zero-order valence-electron chi connectivity index (χ0n) is 15.1. The van der Waals surface area contributed by atoms with E-state index in [0.717, 1.165) is 0 Å². The number of hydrogen-bond donors (Lipinski definition) is 3. The van der Waals surface area contributed by atoms with Crippen molar-refractivity contribution in [2.75, 3.05) is 26.3 Å². The Bertz CT molecular complexity index is 644. The highest BCUT2D eigenvalue weighted by molar-refractivity contribution is 6.30. The Labute approximate surface area is 163 Å². The zero-order valence-corrected chi connectivity index (χ0v) is 15.8. The van der Waals surface area contributed by atoms with Gasteiger partial charge in [0.25, 0.3) is 5.91 Å². The van der Waals surface area contributed by atoms with Crippen LogP contribution in [0, 0.1) is 11.8 Å². The van der Waals surface area contributed by atoms with Gasteiger partial charge in [-0.15, -0.1) is 0 Å². The van der Waals surface area contributed by atoms with Crippen LogP contribution in [0.1, 0.15) is 36.0 Å². The first-order valence-electron chi connectivity index (χ1n) is 9.08. The van der Waals surface area contributed by atoms with Crippen LogP contribution in [0.25, 0.3) is 0 Å². The van der Waals surface area contributed by atoms with Gasteiger partial charge < -0.3 is 20.5 Å². The number of nitrogens with one attached hydrogen (secondary N) is 2.